The minimum Gasteiger partial charge on any atom is -0.494 e. The highest BCUT2D eigenvalue weighted by molar-refractivity contribution is 5.93. The van der Waals surface area contributed by atoms with Crippen molar-refractivity contribution in [1.82, 2.24) is 0 Å². The zero-order valence-corrected chi connectivity index (χ0v) is 29.1. The van der Waals surface area contributed by atoms with Gasteiger partial charge in [-0.25, -0.2) is 4.79 Å². The number of esters is 1. The maximum Gasteiger partial charge on any atom is 0.343 e. The molecule has 4 nitrogen and oxygen atoms in total. The number of carbonyl (C=O) groups is 2. The number of ketones is 1. The fraction of sp³-hybridized carbons (Fsp3) is 0.442. The lowest BCUT2D eigenvalue weighted by molar-refractivity contribution is -0.124. The standard InChI is InChI=1S/C43H54O4/c1-5-8-9-10-11-12-13-14-29-46-40-26-23-34(24-27-40)33-17-19-36(20-18-33)43(45)47-41-28-25-38-30-37(21-22-39(38)31-41)32(4)42(44)35(15-6-2)16-7-3/h17-28,30-32,35H,5-16,29H2,1-4H3/t32-/m0/s1. The van der Waals surface area contributed by atoms with E-state index < -0.39 is 5.97 Å². The van der Waals surface area contributed by atoms with E-state index in [-0.39, 0.29) is 11.8 Å². The van der Waals surface area contributed by atoms with Crippen LogP contribution in [0.15, 0.2) is 84.9 Å². The van der Waals surface area contributed by atoms with Crippen LogP contribution in [0.25, 0.3) is 21.9 Å². The van der Waals surface area contributed by atoms with Crippen LogP contribution in [0.3, 0.4) is 0 Å². The van der Waals surface area contributed by atoms with Crippen molar-refractivity contribution in [3.8, 4) is 22.6 Å². The summed E-state index contributed by atoms with van der Waals surface area (Å²) < 4.78 is 11.7. The van der Waals surface area contributed by atoms with Gasteiger partial charge in [-0.15, -0.1) is 0 Å². The Morgan fingerprint density at radius 1 is 0.596 bits per heavy atom. The molecule has 0 aliphatic heterocycles. The van der Waals surface area contributed by atoms with Gasteiger partial charge in [0.05, 0.1) is 12.2 Å². The topological polar surface area (TPSA) is 52.6 Å². The van der Waals surface area contributed by atoms with Crippen LogP contribution in [0.5, 0.6) is 11.5 Å². The smallest absolute Gasteiger partial charge is 0.343 e. The molecule has 0 fully saturated rings. The third kappa shape index (κ3) is 10.8. The number of benzene rings is 4. The first kappa shape index (κ1) is 35.9. The van der Waals surface area contributed by atoms with Crippen molar-refractivity contribution in [1.29, 1.82) is 0 Å². The minimum atomic E-state index is -0.394. The molecule has 0 saturated heterocycles. The number of rotatable bonds is 20. The van der Waals surface area contributed by atoms with Crippen LogP contribution < -0.4 is 9.47 Å². The van der Waals surface area contributed by atoms with E-state index in [0.29, 0.717) is 17.1 Å². The molecule has 0 aliphatic carbocycles. The fourth-order valence-electron chi connectivity index (χ4n) is 6.35. The molecule has 0 bridgehead atoms. The van der Waals surface area contributed by atoms with E-state index in [1.54, 1.807) is 12.1 Å². The third-order valence-electron chi connectivity index (χ3n) is 9.22. The van der Waals surface area contributed by atoms with Crippen molar-refractivity contribution >= 4 is 22.5 Å². The second kappa shape index (κ2) is 19.0. The number of ether oxygens (including phenoxy) is 2. The van der Waals surface area contributed by atoms with Crippen LogP contribution in [0.1, 0.15) is 127 Å². The molecule has 4 rings (SSSR count). The predicted molar refractivity (Wildman–Crippen MR) is 196 cm³/mol. The summed E-state index contributed by atoms with van der Waals surface area (Å²) in [7, 11) is 0. The minimum absolute atomic E-state index is 0.126. The molecule has 0 unspecified atom stereocenters. The normalized spacial score (nSPS) is 11.9. The average Bonchev–Trinajstić information content (AvgIpc) is 3.10. The molecule has 1 atom stereocenters. The highest BCUT2D eigenvalue weighted by Crippen LogP contribution is 2.30. The van der Waals surface area contributed by atoms with Gasteiger partial charge < -0.3 is 9.47 Å². The summed E-state index contributed by atoms with van der Waals surface area (Å²) in [6.07, 6.45) is 14.3. The Morgan fingerprint density at radius 3 is 1.79 bits per heavy atom. The number of hydrogen-bond donors (Lipinski definition) is 0. The molecule has 0 amide bonds. The van der Waals surface area contributed by atoms with E-state index in [2.05, 4.69) is 39.0 Å². The van der Waals surface area contributed by atoms with Crippen LogP contribution >= 0.6 is 0 Å². The Hall–Kier alpha value is -3.92. The Kier molecular flexibility index (Phi) is 14.5. The van der Waals surface area contributed by atoms with Gasteiger partial charge in [0.25, 0.3) is 0 Å². The van der Waals surface area contributed by atoms with Crippen molar-refractivity contribution in [3.63, 3.8) is 0 Å². The number of unbranched alkanes of at least 4 members (excludes halogenated alkanes) is 7. The van der Waals surface area contributed by atoms with Crippen LogP contribution in [0.2, 0.25) is 0 Å². The first-order chi connectivity index (χ1) is 22.9. The van der Waals surface area contributed by atoms with E-state index in [0.717, 1.165) is 71.9 Å². The van der Waals surface area contributed by atoms with Gasteiger partial charge in [-0.1, -0.05) is 134 Å². The summed E-state index contributed by atoms with van der Waals surface area (Å²) in [5.74, 6) is 1.31. The van der Waals surface area contributed by atoms with Gasteiger partial charge in [-0.2, -0.15) is 0 Å². The van der Waals surface area contributed by atoms with Crippen molar-refractivity contribution in [2.45, 2.75) is 111 Å². The summed E-state index contributed by atoms with van der Waals surface area (Å²) in [5.41, 5.74) is 3.63. The fourth-order valence-corrected chi connectivity index (χ4v) is 6.35. The van der Waals surface area contributed by atoms with Gasteiger partial charge in [0.2, 0.25) is 0 Å². The highest BCUT2D eigenvalue weighted by atomic mass is 16.5. The molecular formula is C43H54O4. The predicted octanol–water partition coefficient (Wildman–Crippen LogP) is 12.1. The lowest BCUT2D eigenvalue weighted by atomic mass is 9.83. The maximum absolute atomic E-state index is 13.2. The molecule has 0 radical (unpaired) electrons. The number of Topliss-reactive ketones (excluding diaryl/α,β-unsaturated/α-hetero) is 1. The van der Waals surface area contributed by atoms with Crippen molar-refractivity contribution < 1.29 is 19.1 Å². The zero-order valence-electron chi connectivity index (χ0n) is 29.1. The summed E-state index contributed by atoms with van der Waals surface area (Å²) in [6, 6.07) is 27.4. The second-order valence-corrected chi connectivity index (χ2v) is 13.0. The Bertz CT molecular complexity index is 1530. The van der Waals surface area contributed by atoms with Gasteiger partial charge in [-0.05, 0) is 83.1 Å². The Morgan fingerprint density at radius 2 is 1.15 bits per heavy atom. The summed E-state index contributed by atoms with van der Waals surface area (Å²) in [5, 5.41) is 2.00. The van der Waals surface area contributed by atoms with Gasteiger partial charge in [0.1, 0.15) is 17.3 Å². The van der Waals surface area contributed by atoms with Gasteiger partial charge in [0.15, 0.2) is 0 Å². The molecule has 4 aromatic carbocycles. The molecule has 250 valence electrons. The molecule has 47 heavy (non-hydrogen) atoms. The molecule has 4 heteroatoms. The Labute approximate surface area is 282 Å². The second-order valence-electron chi connectivity index (χ2n) is 13.0. The van der Waals surface area contributed by atoms with Crippen LogP contribution in [-0.4, -0.2) is 18.4 Å². The molecule has 0 aromatic heterocycles. The van der Waals surface area contributed by atoms with E-state index in [4.69, 9.17) is 9.47 Å². The van der Waals surface area contributed by atoms with Crippen LogP contribution in [0, 0.1) is 5.92 Å². The van der Waals surface area contributed by atoms with E-state index in [1.165, 1.54) is 44.9 Å². The highest BCUT2D eigenvalue weighted by Gasteiger charge is 2.24. The molecule has 0 aliphatic rings. The van der Waals surface area contributed by atoms with Crippen molar-refractivity contribution in [3.05, 3.63) is 96.1 Å². The van der Waals surface area contributed by atoms with E-state index >= 15 is 0 Å². The lowest BCUT2D eigenvalue weighted by Gasteiger charge is -2.20. The van der Waals surface area contributed by atoms with Gasteiger partial charge in [-0.3, -0.25) is 4.79 Å². The Balaban J connectivity index is 1.28. The van der Waals surface area contributed by atoms with Crippen molar-refractivity contribution in [2.75, 3.05) is 6.61 Å². The molecule has 0 heterocycles. The third-order valence-corrected chi connectivity index (χ3v) is 9.22. The SMILES string of the molecule is CCCCCCCCCCOc1ccc(-c2ccc(C(=O)Oc3ccc4cc([C@H](C)C(=O)C(CCC)CCC)ccc4c3)cc2)cc1. The zero-order chi connectivity index (χ0) is 33.4. The summed E-state index contributed by atoms with van der Waals surface area (Å²) in [6.45, 7) is 9.31. The first-order valence-electron chi connectivity index (χ1n) is 18.1. The maximum atomic E-state index is 13.2. The first-order valence-corrected chi connectivity index (χ1v) is 18.1. The van der Waals surface area contributed by atoms with Crippen LogP contribution in [0.4, 0.5) is 0 Å². The summed E-state index contributed by atoms with van der Waals surface area (Å²) >= 11 is 0. The monoisotopic (exact) mass is 634 g/mol. The molecule has 0 saturated carbocycles. The molecule has 0 N–H and O–H groups in total. The summed E-state index contributed by atoms with van der Waals surface area (Å²) in [4.78, 5) is 26.2. The number of hydrogen-bond acceptors (Lipinski definition) is 4. The quantitative estimate of drug-likeness (QED) is 0.0551. The largest absolute Gasteiger partial charge is 0.494 e. The number of fused-ring (bicyclic) bond motifs is 1. The van der Waals surface area contributed by atoms with Gasteiger partial charge in [0, 0.05) is 11.8 Å². The lowest BCUT2D eigenvalue weighted by Crippen LogP contribution is -2.20. The molecule has 0 spiro atoms. The van der Waals surface area contributed by atoms with Gasteiger partial charge >= 0.3 is 5.97 Å². The van der Waals surface area contributed by atoms with E-state index in [9.17, 15) is 9.59 Å². The molecular weight excluding hydrogens is 580 g/mol. The van der Waals surface area contributed by atoms with E-state index in [1.807, 2.05) is 61.5 Å². The van der Waals surface area contributed by atoms with Crippen LogP contribution in [-0.2, 0) is 4.79 Å². The molecule has 4 aromatic rings. The average molecular weight is 635 g/mol. The van der Waals surface area contributed by atoms with Crippen molar-refractivity contribution in [2.24, 2.45) is 5.92 Å². The number of carbonyl (C=O) groups excluding carboxylic acids is 2.